The van der Waals surface area contributed by atoms with Gasteiger partial charge in [-0.25, -0.2) is 0 Å². The number of carbonyl (C=O) groups is 1. The van der Waals surface area contributed by atoms with Crippen molar-refractivity contribution in [3.05, 3.63) is 63.5 Å². The van der Waals surface area contributed by atoms with Crippen LogP contribution in [-0.4, -0.2) is 42.7 Å². The van der Waals surface area contributed by atoms with Crippen LogP contribution in [-0.2, 0) is 16.6 Å². The van der Waals surface area contributed by atoms with Crippen molar-refractivity contribution in [2.24, 2.45) is 0 Å². The van der Waals surface area contributed by atoms with Crippen LogP contribution >= 0.6 is 23.2 Å². The van der Waals surface area contributed by atoms with Gasteiger partial charge >= 0.3 is 12.1 Å². The van der Waals surface area contributed by atoms with Crippen LogP contribution < -0.4 is 11.1 Å². The van der Waals surface area contributed by atoms with Crippen molar-refractivity contribution in [3.8, 4) is 5.95 Å². The lowest BCUT2D eigenvalue weighted by Crippen LogP contribution is -2.36. The van der Waals surface area contributed by atoms with Crippen LogP contribution in [0.15, 0.2) is 36.5 Å². The lowest BCUT2D eigenvalue weighted by Gasteiger charge is -2.22. The maximum atomic E-state index is 13.6. The van der Waals surface area contributed by atoms with Gasteiger partial charge in [0, 0.05) is 23.0 Å². The number of nitrogen functional groups attached to an aromatic ring is 1. The molecule has 1 unspecified atom stereocenters. The van der Waals surface area contributed by atoms with Gasteiger partial charge in [-0.15, -0.1) is 0 Å². The molecule has 5 rings (SSSR count). The van der Waals surface area contributed by atoms with E-state index in [9.17, 15) is 26.7 Å². The Balaban J connectivity index is 1.60. The number of nitrogens with one attached hydrogen (secondary N) is 1. The van der Waals surface area contributed by atoms with Crippen LogP contribution in [0.4, 0.5) is 33.6 Å². The highest BCUT2D eigenvalue weighted by Crippen LogP contribution is 2.44. The Bertz CT molecular complexity index is 1590. The number of pyridine rings is 1. The van der Waals surface area contributed by atoms with Gasteiger partial charge in [-0.05, 0) is 43.7 Å². The number of fused-ring (bicyclic) bond motifs is 2. The minimum Gasteiger partial charge on any atom is -0.383 e. The summed E-state index contributed by atoms with van der Waals surface area (Å²) < 4.78 is 66.5. The summed E-state index contributed by atoms with van der Waals surface area (Å²) in [5, 5.41) is 7.68. The van der Waals surface area contributed by atoms with Crippen molar-refractivity contribution in [2.45, 2.75) is 37.3 Å². The Hall–Kier alpha value is -3.58. The van der Waals surface area contributed by atoms with Crippen molar-refractivity contribution in [3.63, 3.8) is 0 Å². The zero-order chi connectivity index (χ0) is 27.6. The molecule has 0 saturated carbocycles. The van der Waals surface area contributed by atoms with Gasteiger partial charge < -0.3 is 11.1 Å². The van der Waals surface area contributed by atoms with E-state index in [-0.39, 0.29) is 44.8 Å². The first-order valence-corrected chi connectivity index (χ1v) is 11.7. The molecule has 198 valence electrons. The first-order chi connectivity index (χ1) is 17.7. The second-order valence-electron chi connectivity index (χ2n) is 8.80. The standard InChI is InChI=1S/C23H16Cl2F5N7O/c1-21(15-5-3-11(25)9-32-15)16-17(31)33-20(35-18(16)34-19(21)38)37-14-4-2-10(24)8-12(14)13(36-37)6-7-22(26,27)23(28,29)30/h2-5,8-9H,6-7H2,1H3,(H3,31,33,34,35,38). The lowest BCUT2D eigenvalue weighted by atomic mass is 9.81. The average molecular weight is 572 g/mol. The number of hydrogen-bond donors (Lipinski definition) is 2. The summed E-state index contributed by atoms with van der Waals surface area (Å²) in [7, 11) is 0. The molecule has 1 amide bonds. The number of aromatic nitrogens is 5. The molecule has 8 nitrogen and oxygen atoms in total. The number of nitrogens with two attached hydrogens (primary N) is 1. The van der Waals surface area contributed by atoms with Crippen LogP contribution in [0.3, 0.4) is 0 Å². The van der Waals surface area contributed by atoms with Gasteiger partial charge in [0.2, 0.25) is 5.91 Å². The third-order valence-electron chi connectivity index (χ3n) is 6.35. The number of hydrogen-bond acceptors (Lipinski definition) is 6. The number of alkyl halides is 5. The maximum Gasteiger partial charge on any atom is 0.453 e. The van der Waals surface area contributed by atoms with Crippen LogP contribution in [0.2, 0.25) is 10.0 Å². The van der Waals surface area contributed by atoms with Crippen molar-refractivity contribution >= 4 is 51.6 Å². The topological polar surface area (TPSA) is 112 Å². The largest absolute Gasteiger partial charge is 0.453 e. The maximum absolute atomic E-state index is 13.6. The van der Waals surface area contributed by atoms with Crippen molar-refractivity contribution in [2.75, 3.05) is 11.1 Å². The number of carbonyl (C=O) groups excluding carboxylic acids is 1. The predicted octanol–water partition coefficient (Wildman–Crippen LogP) is 5.49. The zero-order valence-electron chi connectivity index (χ0n) is 19.2. The summed E-state index contributed by atoms with van der Waals surface area (Å²) in [6, 6.07) is 7.50. The molecule has 1 aliphatic heterocycles. The number of rotatable bonds is 5. The molecule has 0 aliphatic carbocycles. The number of halogens is 7. The predicted molar refractivity (Wildman–Crippen MR) is 130 cm³/mol. The Labute approximate surface area is 221 Å². The SMILES string of the molecule is CC1(c2ccc(Cl)cn2)C(=O)Nc2nc(-n3nc(CCC(F)(F)C(F)(F)F)c4cc(Cl)ccc43)nc(N)c21. The monoisotopic (exact) mass is 571 g/mol. The van der Waals surface area contributed by atoms with E-state index in [0.29, 0.717) is 10.7 Å². The highest BCUT2D eigenvalue weighted by Gasteiger charge is 2.56. The van der Waals surface area contributed by atoms with E-state index in [4.69, 9.17) is 28.9 Å². The van der Waals surface area contributed by atoms with Crippen molar-refractivity contribution < 1.29 is 26.7 Å². The number of amides is 1. The Morgan fingerprint density at radius 2 is 1.79 bits per heavy atom. The van der Waals surface area contributed by atoms with Gasteiger partial charge in [0.05, 0.1) is 27.5 Å². The number of nitrogens with zero attached hydrogens (tertiary/aromatic N) is 5. The van der Waals surface area contributed by atoms with Gasteiger partial charge in [-0.3, -0.25) is 9.78 Å². The molecule has 4 heterocycles. The van der Waals surface area contributed by atoms with E-state index in [1.165, 1.54) is 24.4 Å². The minimum absolute atomic E-state index is 0.0690. The molecule has 0 radical (unpaired) electrons. The van der Waals surface area contributed by atoms with Crippen LogP contribution in [0.25, 0.3) is 16.9 Å². The van der Waals surface area contributed by atoms with E-state index in [1.54, 1.807) is 19.1 Å². The van der Waals surface area contributed by atoms with Gasteiger partial charge in [0.1, 0.15) is 17.1 Å². The summed E-state index contributed by atoms with van der Waals surface area (Å²) in [4.78, 5) is 25.9. The summed E-state index contributed by atoms with van der Waals surface area (Å²) in [5.41, 5.74) is 5.72. The molecule has 1 atom stereocenters. The summed E-state index contributed by atoms with van der Waals surface area (Å²) in [6.45, 7) is 1.59. The molecule has 15 heteroatoms. The molecule has 4 aromatic rings. The third kappa shape index (κ3) is 4.09. The van der Waals surface area contributed by atoms with E-state index in [2.05, 4.69) is 25.4 Å². The highest BCUT2D eigenvalue weighted by molar-refractivity contribution is 6.31. The normalized spacial score (nSPS) is 17.6. The Morgan fingerprint density at radius 1 is 1.08 bits per heavy atom. The van der Waals surface area contributed by atoms with Gasteiger partial charge in [-0.2, -0.15) is 41.7 Å². The van der Waals surface area contributed by atoms with Crippen molar-refractivity contribution in [1.29, 1.82) is 0 Å². The molecule has 38 heavy (non-hydrogen) atoms. The minimum atomic E-state index is -5.70. The molecule has 1 aliphatic rings. The van der Waals surface area contributed by atoms with Gasteiger partial charge in [-0.1, -0.05) is 23.2 Å². The lowest BCUT2D eigenvalue weighted by molar-refractivity contribution is -0.284. The van der Waals surface area contributed by atoms with E-state index in [0.717, 1.165) is 4.68 Å². The van der Waals surface area contributed by atoms with Crippen LogP contribution in [0.5, 0.6) is 0 Å². The molecule has 0 bridgehead atoms. The van der Waals surface area contributed by atoms with Crippen LogP contribution in [0.1, 0.15) is 30.3 Å². The fourth-order valence-corrected chi connectivity index (χ4v) is 4.60. The van der Waals surface area contributed by atoms with E-state index >= 15 is 0 Å². The fraction of sp³-hybridized carbons (Fsp3) is 0.261. The molecule has 0 fully saturated rings. The first kappa shape index (κ1) is 26.0. The zero-order valence-corrected chi connectivity index (χ0v) is 20.8. The quantitative estimate of drug-likeness (QED) is 0.306. The molecule has 0 saturated heterocycles. The Kier molecular flexibility index (Phi) is 5.99. The number of benzene rings is 1. The number of anilines is 2. The summed E-state index contributed by atoms with van der Waals surface area (Å²) >= 11 is 12.0. The van der Waals surface area contributed by atoms with E-state index < -0.39 is 36.3 Å². The number of aryl methyl sites for hydroxylation is 1. The summed E-state index contributed by atoms with van der Waals surface area (Å²) in [6.07, 6.45) is -6.56. The smallest absolute Gasteiger partial charge is 0.383 e. The molecular weight excluding hydrogens is 556 g/mol. The van der Waals surface area contributed by atoms with Gasteiger partial charge in [0.15, 0.2) is 0 Å². The average Bonchev–Trinajstić information content (AvgIpc) is 3.32. The van der Waals surface area contributed by atoms with E-state index in [1.807, 2.05) is 0 Å². The fourth-order valence-electron chi connectivity index (χ4n) is 4.31. The third-order valence-corrected chi connectivity index (χ3v) is 6.81. The second-order valence-corrected chi connectivity index (χ2v) is 9.67. The van der Waals surface area contributed by atoms with Crippen LogP contribution in [0, 0.1) is 0 Å². The second kappa shape index (κ2) is 8.73. The first-order valence-electron chi connectivity index (χ1n) is 11.0. The summed E-state index contributed by atoms with van der Waals surface area (Å²) in [5.74, 6) is -5.56. The van der Waals surface area contributed by atoms with Crippen molar-refractivity contribution in [1.82, 2.24) is 24.7 Å². The molecular formula is C23H16Cl2F5N7O. The molecule has 3 aromatic heterocycles. The highest BCUT2D eigenvalue weighted by atomic mass is 35.5. The van der Waals surface area contributed by atoms with Gasteiger partial charge in [0.25, 0.3) is 5.95 Å². The molecule has 3 N–H and O–H groups in total. The Morgan fingerprint density at radius 3 is 2.45 bits per heavy atom. The molecule has 0 spiro atoms. The molecule has 1 aromatic carbocycles.